The van der Waals surface area contributed by atoms with Gasteiger partial charge in [-0.05, 0) is 42.3 Å². The topological polar surface area (TPSA) is 78.9 Å². The van der Waals surface area contributed by atoms with Gasteiger partial charge in [-0.15, -0.1) is 0 Å². The predicted octanol–water partition coefficient (Wildman–Crippen LogP) is 2.92. The number of sulfonamides is 1. The molecule has 1 saturated heterocycles. The Bertz CT molecular complexity index is 907. The van der Waals surface area contributed by atoms with Crippen molar-refractivity contribution < 1.29 is 18.3 Å². The van der Waals surface area contributed by atoms with Crippen LogP contribution in [0.25, 0.3) is 0 Å². The number of aliphatic hydroxyl groups is 1. The van der Waals surface area contributed by atoms with Crippen molar-refractivity contribution in [1.29, 1.82) is 0 Å². The van der Waals surface area contributed by atoms with Gasteiger partial charge < -0.3 is 9.84 Å². The van der Waals surface area contributed by atoms with Crippen LogP contribution in [0.4, 0.5) is 0 Å². The molecule has 1 fully saturated rings. The maximum Gasteiger partial charge on any atom is 0.242 e. The van der Waals surface area contributed by atoms with E-state index in [0.29, 0.717) is 17.3 Å². The van der Waals surface area contributed by atoms with Gasteiger partial charge in [0.15, 0.2) is 0 Å². The normalized spacial score (nSPS) is 17.8. The molecule has 9 heteroatoms. The standard InChI is InChI=1S/C19H22Cl2N2O4S/c20-15-3-6-18(21)19(11-15)28(25,26)22-16-7-8-23(13-16)12-14-1-4-17(5-2-14)27-10-9-24/h1-6,11,16,22,24H,7-10,12-13H2/t16-/m1/s1. The van der Waals surface area contributed by atoms with Crippen molar-refractivity contribution in [2.75, 3.05) is 26.3 Å². The number of ether oxygens (including phenoxy) is 1. The zero-order valence-electron chi connectivity index (χ0n) is 15.1. The molecule has 1 atom stereocenters. The number of benzene rings is 2. The summed E-state index contributed by atoms with van der Waals surface area (Å²) < 4.78 is 33.4. The van der Waals surface area contributed by atoms with Crippen LogP contribution in [0.1, 0.15) is 12.0 Å². The largest absolute Gasteiger partial charge is 0.491 e. The third-order valence-electron chi connectivity index (χ3n) is 4.47. The lowest BCUT2D eigenvalue weighted by molar-refractivity contribution is 0.201. The first-order valence-electron chi connectivity index (χ1n) is 8.90. The summed E-state index contributed by atoms with van der Waals surface area (Å²) >= 11 is 11.9. The highest BCUT2D eigenvalue weighted by atomic mass is 35.5. The smallest absolute Gasteiger partial charge is 0.242 e. The fourth-order valence-corrected chi connectivity index (χ4v) is 5.18. The molecule has 2 N–H and O–H groups in total. The minimum atomic E-state index is -3.74. The Kier molecular flexibility index (Phi) is 7.20. The maximum atomic E-state index is 12.6. The number of halogens is 2. The maximum absolute atomic E-state index is 12.6. The summed E-state index contributed by atoms with van der Waals surface area (Å²) in [6.07, 6.45) is 0.717. The lowest BCUT2D eigenvalue weighted by Gasteiger charge is -2.17. The molecular weight excluding hydrogens is 423 g/mol. The van der Waals surface area contributed by atoms with Crippen LogP contribution in [-0.2, 0) is 16.6 Å². The van der Waals surface area contributed by atoms with Gasteiger partial charge in [-0.25, -0.2) is 13.1 Å². The van der Waals surface area contributed by atoms with Crippen molar-refractivity contribution in [3.63, 3.8) is 0 Å². The zero-order chi connectivity index (χ0) is 20.1. The highest BCUT2D eigenvalue weighted by molar-refractivity contribution is 7.89. The second kappa shape index (κ2) is 9.43. The van der Waals surface area contributed by atoms with Gasteiger partial charge in [0, 0.05) is 30.7 Å². The van der Waals surface area contributed by atoms with Gasteiger partial charge in [0.2, 0.25) is 10.0 Å². The van der Waals surface area contributed by atoms with E-state index in [0.717, 1.165) is 25.1 Å². The molecule has 0 aromatic heterocycles. The van der Waals surface area contributed by atoms with Crippen LogP contribution in [-0.4, -0.2) is 50.8 Å². The number of nitrogens with zero attached hydrogens (tertiary/aromatic N) is 1. The van der Waals surface area contributed by atoms with Gasteiger partial charge in [0.25, 0.3) is 0 Å². The average Bonchev–Trinajstić information content (AvgIpc) is 3.09. The van der Waals surface area contributed by atoms with Gasteiger partial charge in [-0.3, -0.25) is 4.90 Å². The molecule has 2 aromatic rings. The fraction of sp³-hybridized carbons (Fsp3) is 0.368. The first kappa shape index (κ1) is 21.4. The van der Waals surface area contributed by atoms with Crippen molar-refractivity contribution in [2.24, 2.45) is 0 Å². The second-order valence-electron chi connectivity index (χ2n) is 6.63. The molecule has 2 aromatic carbocycles. The van der Waals surface area contributed by atoms with Gasteiger partial charge in [0.1, 0.15) is 17.3 Å². The summed E-state index contributed by atoms with van der Waals surface area (Å²) in [7, 11) is -3.74. The Balaban J connectivity index is 1.57. The Labute approximate surface area is 175 Å². The highest BCUT2D eigenvalue weighted by Crippen LogP contribution is 2.26. The van der Waals surface area contributed by atoms with Crippen molar-refractivity contribution in [3.05, 3.63) is 58.1 Å². The molecule has 152 valence electrons. The number of aliphatic hydroxyl groups excluding tert-OH is 1. The molecule has 0 spiro atoms. The Morgan fingerprint density at radius 1 is 1.18 bits per heavy atom. The van der Waals surface area contributed by atoms with Gasteiger partial charge in [-0.1, -0.05) is 35.3 Å². The molecule has 1 aliphatic heterocycles. The lowest BCUT2D eigenvalue weighted by atomic mass is 10.2. The third kappa shape index (κ3) is 5.59. The summed E-state index contributed by atoms with van der Waals surface area (Å²) in [5.41, 5.74) is 1.11. The van der Waals surface area contributed by atoms with Gasteiger partial charge in [-0.2, -0.15) is 0 Å². The minimum Gasteiger partial charge on any atom is -0.491 e. The molecule has 0 bridgehead atoms. The Morgan fingerprint density at radius 2 is 1.93 bits per heavy atom. The SMILES string of the molecule is O=S(=O)(N[C@@H]1CCN(Cc2ccc(OCCO)cc2)C1)c1cc(Cl)ccc1Cl. The number of rotatable bonds is 8. The first-order chi connectivity index (χ1) is 13.4. The van der Waals surface area contributed by atoms with Crippen molar-refractivity contribution in [2.45, 2.75) is 23.9 Å². The van der Waals surface area contributed by atoms with E-state index in [1.165, 1.54) is 12.1 Å². The van der Waals surface area contributed by atoms with E-state index in [4.69, 9.17) is 33.0 Å². The van der Waals surface area contributed by atoms with Crippen LogP contribution >= 0.6 is 23.2 Å². The second-order valence-corrected chi connectivity index (χ2v) is 9.16. The lowest BCUT2D eigenvalue weighted by Crippen LogP contribution is -2.37. The molecular formula is C19H22Cl2N2O4S. The van der Waals surface area contributed by atoms with E-state index in [1.807, 2.05) is 24.3 Å². The number of likely N-dealkylation sites (tertiary alicyclic amines) is 1. The molecule has 1 heterocycles. The van der Waals surface area contributed by atoms with E-state index in [-0.39, 0.29) is 29.2 Å². The van der Waals surface area contributed by atoms with Crippen LogP contribution in [0, 0.1) is 0 Å². The summed E-state index contributed by atoms with van der Waals surface area (Å²) in [5.74, 6) is 0.711. The highest BCUT2D eigenvalue weighted by Gasteiger charge is 2.28. The average molecular weight is 445 g/mol. The summed E-state index contributed by atoms with van der Waals surface area (Å²) in [4.78, 5) is 2.19. The Morgan fingerprint density at radius 3 is 2.64 bits per heavy atom. The van der Waals surface area contributed by atoms with E-state index in [2.05, 4.69) is 9.62 Å². The number of hydrogen-bond acceptors (Lipinski definition) is 5. The van der Waals surface area contributed by atoms with Crippen LogP contribution in [0.3, 0.4) is 0 Å². The molecule has 0 radical (unpaired) electrons. The van der Waals surface area contributed by atoms with E-state index < -0.39 is 10.0 Å². The first-order valence-corrected chi connectivity index (χ1v) is 11.1. The van der Waals surface area contributed by atoms with Crippen molar-refractivity contribution in [1.82, 2.24) is 9.62 Å². The van der Waals surface area contributed by atoms with E-state index in [1.54, 1.807) is 6.07 Å². The van der Waals surface area contributed by atoms with Crippen molar-refractivity contribution >= 4 is 33.2 Å². The summed E-state index contributed by atoms with van der Waals surface area (Å²) in [6, 6.07) is 11.9. The predicted molar refractivity (Wildman–Crippen MR) is 109 cm³/mol. The minimum absolute atomic E-state index is 0.00131. The molecule has 28 heavy (non-hydrogen) atoms. The van der Waals surface area contributed by atoms with Crippen molar-refractivity contribution in [3.8, 4) is 5.75 Å². The Hall–Kier alpha value is -1.35. The molecule has 3 rings (SSSR count). The number of hydrogen-bond donors (Lipinski definition) is 2. The van der Waals surface area contributed by atoms with Crippen LogP contribution in [0.5, 0.6) is 5.75 Å². The molecule has 0 amide bonds. The molecule has 1 aliphatic rings. The third-order valence-corrected chi connectivity index (χ3v) is 6.70. The molecule has 0 saturated carbocycles. The summed E-state index contributed by atoms with van der Waals surface area (Å²) in [6.45, 7) is 2.37. The number of nitrogens with one attached hydrogen (secondary N) is 1. The molecule has 6 nitrogen and oxygen atoms in total. The zero-order valence-corrected chi connectivity index (χ0v) is 17.5. The van der Waals surface area contributed by atoms with Crippen LogP contribution < -0.4 is 9.46 Å². The molecule has 0 unspecified atom stereocenters. The van der Waals surface area contributed by atoms with E-state index in [9.17, 15) is 8.42 Å². The van der Waals surface area contributed by atoms with Gasteiger partial charge in [0.05, 0.1) is 11.6 Å². The van der Waals surface area contributed by atoms with Gasteiger partial charge >= 0.3 is 0 Å². The monoisotopic (exact) mass is 444 g/mol. The molecule has 0 aliphatic carbocycles. The quantitative estimate of drug-likeness (QED) is 0.654. The fourth-order valence-electron chi connectivity index (χ4n) is 3.15. The van der Waals surface area contributed by atoms with E-state index >= 15 is 0 Å². The summed E-state index contributed by atoms with van der Waals surface area (Å²) in [5, 5.41) is 9.26. The van der Waals surface area contributed by atoms with Crippen LogP contribution in [0.15, 0.2) is 47.4 Å². The van der Waals surface area contributed by atoms with Crippen LogP contribution in [0.2, 0.25) is 10.0 Å².